The van der Waals surface area contributed by atoms with Crippen molar-refractivity contribution in [2.75, 3.05) is 33.0 Å². The van der Waals surface area contributed by atoms with Crippen LogP contribution in [-0.4, -0.2) is 61.8 Å². The maximum absolute atomic E-state index is 12.9. The van der Waals surface area contributed by atoms with Crippen LogP contribution in [0.25, 0.3) is 0 Å². The topological polar surface area (TPSA) is 55.3 Å². The first-order valence-electron chi connectivity index (χ1n) is 12.6. The molecule has 1 saturated carbocycles. The van der Waals surface area contributed by atoms with Gasteiger partial charge in [0.1, 0.15) is 5.75 Å². The first-order valence-corrected chi connectivity index (χ1v) is 12.6. The molecule has 2 fully saturated rings. The van der Waals surface area contributed by atoms with Crippen LogP contribution in [0.2, 0.25) is 0 Å². The summed E-state index contributed by atoms with van der Waals surface area (Å²) in [6.45, 7) is 5.32. The monoisotopic (exact) mass is 503 g/mol. The minimum Gasteiger partial charge on any atom is -0.490 e. The SMILES string of the molecule is CC(=NCCNC1CN(C2CCC(Oc3ccc4c(c3)OCO4)CC2)C1)c1cccc(C(F)(F)F)c1. The Bertz CT molecular complexity index is 1080. The van der Waals surface area contributed by atoms with Crippen LogP contribution in [0.3, 0.4) is 0 Å². The van der Waals surface area contributed by atoms with E-state index in [2.05, 4.69) is 15.2 Å². The van der Waals surface area contributed by atoms with E-state index >= 15 is 0 Å². The van der Waals surface area contributed by atoms with Gasteiger partial charge in [-0.1, -0.05) is 12.1 Å². The average Bonchev–Trinajstić information content (AvgIpc) is 3.31. The Balaban J connectivity index is 0.986. The van der Waals surface area contributed by atoms with E-state index in [1.807, 2.05) is 18.2 Å². The van der Waals surface area contributed by atoms with Gasteiger partial charge in [-0.3, -0.25) is 9.89 Å². The summed E-state index contributed by atoms with van der Waals surface area (Å²) in [4.78, 5) is 7.00. The molecule has 9 heteroatoms. The third kappa shape index (κ3) is 5.95. The van der Waals surface area contributed by atoms with Crippen molar-refractivity contribution in [1.29, 1.82) is 0 Å². The molecule has 0 radical (unpaired) electrons. The Morgan fingerprint density at radius 3 is 2.61 bits per heavy atom. The number of fused-ring (bicyclic) bond motifs is 1. The molecule has 1 saturated heterocycles. The van der Waals surface area contributed by atoms with Crippen LogP contribution in [-0.2, 0) is 6.18 Å². The molecule has 2 heterocycles. The van der Waals surface area contributed by atoms with Crippen molar-refractivity contribution in [3.05, 3.63) is 53.6 Å². The standard InChI is InChI=1S/C27H32F3N3O3/c1-18(19-3-2-4-20(13-19)27(28,29)30)31-11-12-32-21-15-33(16-21)22-5-7-23(8-6-22)36-24-9-10-25-26(14-24)35-17-34-25/h2-4,9-10,13-14,21-23,32H,5-8,11-12,15-17H2,1H3. The number of likely N-dealkylation sites (tertiary alicyclic amines) is 1. The van der Waals surface area contributed by atoms with Gasteiger partial charge < -0.3 is 19.5 Å². The van der Waals surface area contributed by atoms with Crippen LogP contribution in [0.15, 0.2) is 47.5 Å². The summed E-state index contributed by atoms with van der Waals surface area (Å²) < 4.78 is 55.7. The Morgan fingerprint density at radius 1 is 1.06 bits per heavy atom. The highest BCUT2D eigenvalue weighted by Gasteiger charge is 2.35. The van der Waals surface area contributed by atoms with Gasteiger partial charge in [-0.25, -0.2) is 0 Å². The van der Waals surface area contributed by atoms with Crippen molar-refractivity contribution >= 4 is 5.71 Å². The zero-order valence-corrected chi connectivity index (χ0v) is 20.4. The predicted octanol–water partition coefficient (Wildman–Crippen LogP) is 4.91. The van der Waals surface area contributed by atoms with E-state index in [-0.39, 0.29) is 12.9 Å². The second-order valence-electron chi connectivity index (χ2n) is 9.71. The summed E-state index contributed by atoms with van der Waals surface area (Å²) >= 11 is 0. The van der Waals surface area contributed by atoms with Gasteiger partial charge in [-0.2, -0.15) is 13.2 Å². The van der Waals surface area contributed by atoms with E-state index in [4.69, 9.17) is 14.2 Å². The Labute approximate surface area is 209 Å². The minimum absolute atomic E-state index is 0.231. The Kier molecular flexibility index (Phi) is 7.39. The molecule has 36 heavy (non-hydrogen) atoms. The molecule has 5 rings (SSSR count). The van der Waals surface area contributed by atoms with Gasteiger partial charge in [0, 0.05) is 43.5 Å². The van der Waals surface area contributed by atoms with Gasteiger partial charge >= 0.3 is 6.18 Å². The number of aliphatic imine (C=N–C) groups is 1. The smallest absolute Gasteiger partial charge is 0.416 e. The zero-order valence-electron chi connectivity index (χ0n) is 20.4. The van der Waals surface area contributed by atoms with Gasteiger partial charge in [0.2, 0.25) is 6.79 Å². The third-order valence-corrected chi connectivity index (χ3v) is 7.22. The fraction of sp³-hybridized carbons (Fsp3) is 0.519. The van der Waals surface area contributed by atoms with Crippen LogP contribution < -0.4 is 19.5 Å². The van der Waals surface area contributed by atoms with E-state index in [0.29, 0.717) is 36.4 Å². The van der Waals surface area contributed by atoms with Gasteiger partial charge in [0.05, 0.1) is 18.2 Å². The minimum atomic E-state index is -4.34. The molecule has 2 aliphatic heterocycles. The van der Waals surface area contributed by atoms with Gasteiger partial charge in [-0.15, -0.1) is 0 Å². The number of nitrogens with zero attached hydrogens (tertiary/aromatic N) is 2. The normalized spacial score (nSPS) is 22.9. The molecule has 0 spiro atoms. The fourth-order valence-electron chi connectivity index (χ4n) is 5.11. The lowest BCUT2D eigenvalue weighted by molar-refractivity contribution is -0.137. The van der Waals surface area contributed by atoms with E-state index in [9.17, 15) is 13.2 Å². The second-order valence-corrected chi connectivity index (χ2v) is 9.71. The molecule has 3 aliphatic rings. The number of ether oxygens (including phenoxy) is 3. The highest BCUT2D eigenvalue weighted by atomic mass is 19.4. The van der Waals surface area contributed by atoms with Crippen molar-refractivity contribution in [3.8, 4) is 17.2 Å². The molecule has 0 bridgehead atoms. The highest BCUT2D eigenvalue weighted by molar-refractivity contribution is 5.98. The maximum atomic E-state index is 12.9. The molecule has 0 aromatic heterocycles. The van der Waals surface area contributed by atoms with Gasteiger partial charge in [0.25, 0.3) is 0 Å². The van der Waals surface area contributed by atoms with Crippen LogP contribution in [0.1, 0.15) is 43.7 Å². The van der Waals surface area contributed by atoms with E-state index in [0.717, 1.165) is 68.2 Å². The Morgan fingerprint density at radius 2 is 1.83 bits per heavy atom. The number of hydrogen-bond donors (Lipinski definition) is 1. The summed E-state index contributed by atoms with van der Waals surface area (Å²) in [6.07, 6.45) is 0.224. The second kappa shape index (κ2) is 10.7. The Hall–Kier alpha value is -2.78. The number of halogens is 3. The summed E-state index contributed by atoms with van der Waals surface area (Å²) in [7, 11) is 0. The number of alkyl halides is 3. The lowest BCUT2D eigenvalue weighted by Crippen LogP contribution is -2.62. The molecule has 1 N–H and O–H groups in total. The number of benzene rings is 2. The molecule has 0 unspecified atom stereocenters. The summed E-state index contributed by atoms with van der Waals surface area (Å²) in [5.41, 5.74) is 0.492. The predicted molar refractivity (Wildman–Crippen MR) is 131 cm³/mol. The van der Waals surface area contributed by atoms with E-state index in [1.165, 1.54) is 6.07 Å². The van der Waals surface area contributed by atoms with Crippen molar-refractivity contribution in [1.82, 2.24) is 10.2 Å². The first-order chi connectivity index (χ1) is 17.3. The molecular formula is C27H32F3N3O3. The van der Waals surface area contributed by atoms with Gasteiger partial charge in [0.15, 0.2) is 11.5 Å². The summed E-state index contributed by atoms with van der Waals surface area (Å²) in [6, 6.07) is 12.1. The molecule has 0 amide bonds. The quantitative estimate of drug-likeness (QED) is 0.410. The first kappa shape index (κ1) is 24.9. The largest absolute Gasteiger partial charge is 0.490 e. The molecule has 2 aromatic rings. The third-order valence-electron chi connectivity index (χ3n) is 7.22. The molecule has 2 aromatic carbocycles. The number of hydrogen-bond acceptors (Lipinski definition) is 6. The molecule has 194 valence electrons. The van der Waals surface area contributed by atoms with Crippen LogP contribution >= 0.6 is 0 Å². The van der Waals surface area contributed by atoms with Crippen molar-refractivity contribution < 1.29 is 27.4 Å². The van der Waals surface area contributed by atoms with Crippen molar-refractivity contribution in [2.24, 2.45) is 4.99 Å². The molecule has 6 nitrogen and oxygen atoms in total. The fourth-order valence-corrected chi connectivity index (χ4v) is 5.11. The molecule has 1 aliphatic carbocycles. The van der Waals surface area contributed by atoms with Crippen molar-refractivity contribution in [2.45, 2.75) is 57.0 Å². The van der Waals surface area contributed by atoms with Crippen LogP contribution in [0, 0.1) is 0 Å². The summed E-state index contributed by atoms with van der Waals surface area (Å²) in [5, 5.41) is 3.52. The molecular weight excluding hydrogens is 471 g/mol. The number of nitrogens with one attached hydrogen (secondary N) is 1. The van der Waals surface area contributed by atoms with E-state index in [1.54, 1.807) is 13.0 Å². The summed E-state index contributed by atoms with van der Waals surface area (Å²) in [5.74, 6) is 2.35. The molecule has 0 atom stereocenters. The van der Waals surface area contributed by atoms with E-state index < -0.39 is 11.7 Å². The lowest BCUT2D eigenvalue weighted by atomic mass is 9.89. The van der Waals surface area contributed by atoms with Crippen LogP contribution in [0.5, 0.6) is 17.2 Å². The van der Waals surface area contributed by atoms with Gasteiger partial charge in [-0.05, 0) is 62.4 Å². The average molecular weight is 504 g/mol. The van der Waals surface area contributed by atoms with Crippen molar-refractivity contribution in [3.63, 3.8) is 0 Å². The maximum Gasteiger partial charge on any atom is 0.416 e. The lowest BCUT2D eigenvalue weighted by Gasteiger charge is -2.46. The zero-order chi connectivity index (χ0) is 25.1. The van der Waals surface area contributed by atoms with Crippen LogP contribution in [0.4, 0.5) is 13.2 Å². The number of rotatable bonds is 8. The highest BCUT2D eigenvalue weighted by Crippen LogP contribution is 2.37.